The summed E-state index contributed by atoms with van der Waals surface area (Å²) >= 11 is 0. The zero-order valence-corrected chi connectivity index (χ0v) is 7.22. The predicted octanol–water partition coefficient (Wildman–Crippen LogP) is 0.0589. The van der Waals surface area contributed by atoms with Crippen molar-refractivity contribution in [2.75, 3.05) is 0 Å². The van der Waals surface area contributed by atoms with E-state index in [1.807, 2.05) is 4.98 Å². The molecule has 0 aromatic carbocycles. The fourth-order valence-corrected chi connectivity index (χ4v) is 1.18. The van der Waals surface area contributed by atoms with Crippen LogP contribution in [0.3, 0.4) is 0 Å². The Bertz CT molecular complexity index is 614. The molecule has 0 saturated heterocycles. The van der Waals surface area contributed by atoms with Crippen LogP contribution >= 0.6 is 0 Å². The Morgan fingerprint density at radius 3 is 2.79 bits per heavy atom. The Kier molecular flexibility index (Phi) is 1.70. The minimum absolute atomic E-state index is 0.104. The number of halogens is 1. The van der Waals surface area contributed by atoms with Gasteiger partial charge in [0.1, 0.15) is 5.52 Å². The third kappa shape index (κ3) is 1.12. The van der Waals surface area contributed by atoms with Gasteiger partial charge >= 0.3 is 5.69 Å². The average molecular weight is 195 g/mol. The topological polar surface area (TPSA) is 78.6 Å². The number of fused-ring (bicyclic) bond motifs is 1. The molecule has 0 bridgehead atoms. The van der Waals surface area contributed by atoms with E-state index in [2.05, 4.69) is 9.97 Å². The van der Waals surface area contributed by atoms with Gasteiger partial charge in [0, 0.05) is 11.8 Å². The summed E-state index contributed by atoms with van der Waals surface area (Å²) in [5.74, 6) is -0.627. The molecule has 6 heteroatoms. The first-order chi connectivity index (χ1) is 6.59. The van der Waals surface area contributed by atoms with Crippen molar-refractivity contribution in [2.24, 2.45) is 0 Å². The van der Waals surface area contributed by atoms with Gasteiger partial charge in [-0.05, 0) is 6.92 Å². The van der Waals surface area contributed by atoms with Gasteiger partial charge in [0.05, 0.1) is 0 Å². The van der Waals surface area contributed by atoms with Gasteiger partial charge in [-0.15, -0.1) is 0 Å². The summed E-state index contributed by atoms with van der Waals surface area (Å²) in [7, 11) is 0. The first-order valence-electron chi connectivity index (χ1n) is 3.87. The van der Waals surface area contributed by atoms with Crippen LogP contribution in [0, 0.1) is 12.7 Å². The largest absolute Gasteiger partial charge is 0.326 e. The Hall–Kier alpha value is -1.98. The van der Waals surface area contributed by atoms with Crippen molar-refractivity contribution in [2.45, 2.75) is 6.92 Å². The Morgan fingerprint density at radius 1 is 1.36 bits per heavy atom. The zero-order chi connectivity index (χ0) is 10.3. The van der Waals surface area contributed by atoms with Crippen LogP contribution in [0.15, 0.2) is 15.8 Å². The van der Waals surface area contributed by atoms with Crippen LogP contribution < -0.4 is 11.2 Å². The molecule has 2 rings (SSSR count). The van der Waals surface area contributed by atoms with Gasteiger partial charge in [-0.25, -0.2) is 14.2 Å². The van der Waals surface area contributed by atoms with Crippen LogP contribution in [0.25, 0.3) is 11.0 Å². The summed E-state index contributed by atoms with van der Waals surface area (Å²) < 4.78 is 13.4. The first-order valence-corrected chi connectivity index (χ1v) is 3.87. The molecule has 0 fully saturated rings. The molecular weight excluding hydrogens is 189 g/mol. The van der Waals surface area contributed by atoms with Gasteiger partial charge in [0.25, 0.3) is 5.56 Å². The number of aromatic nitrogens is 3. The molecule has 0 unspecified atom stereocenters. The van der Waals surface area contributed by atoms with E-state index in [4.69, 9.17) is 0 Å². The maximum Gasteiger partial charge on any atom is 0.326 e. The minimum Gasteiger partial charge on any atom is -0.303 e. The van der Waals surface area contributed by atoms with Gasteiger partial charge in [-0.3, -0.25) is 9.78 Å². The van der Waals surface area contributed by atoms with E-state index in [1.54, 1.807) is 0 Å². The Labute approximate surface area is 76.6 Å². The van der Waals surface area contributed by atoms with Crippen molar-refractivity contribution in [3.8, 4) is 0 Å². The number of aryl methyl sites for hydroxylation is 1. The SMILES string of the molecule is Cc1cnc2c(=O)[nH]c(=O)[nH]c2c1F. The molecule has 0 spiro atoms. The predicted molar refractivity (Wildman–Crippen MR) is 47.7 cm³/mol. The summed E-state index contributed by atoms with van der Waals surface area (Å²) in [6.45, 7) is 1.50. The van der Waals surface area contributed by atoms with E-state index in [1.165, 1.54) is 13.1 Å². The van der Waals surface area contributed by atoms with Crippen LogP contribution in [-0.2, 0) is 0 Å². The fourth-order valence-electron chi connectivity index (χ4n) is 1.18. The number of nitrogens with one attached hydrogen (secondary N) is 2. The smallest absolute Gasteiger partial charge is 0.303 e. The van der Waals surface area contributed by atoms with Crippen LogP contribution in [0.4, 0.5) is 4.39 Å². The van der Waals surface area contributed by atoms with E-state index in [0.29, 0.717) is 0 Å². The molecule has 2 aromatic heterocycles. The Morgan fingerprint density at radius 2 is 2.07 bits per heavy atom. The van der Waals surface area contributed by atoms with Crippen LogP contribution in [0.5, 0.6) is 0 Å². The number of rotatable bonds is 0. The maximum atomic E-state index is 13.4. The zero-order valence-electron chi connectivity index (χ0n) is 7.22. The molecule has 72 valence electrons. The molecule has 2 N–H and O–H groups in total. The summed E-state index contributed by atoms with van der Waals surface area (Å²) in [6.07, 6.45) is 1.24. The monoisotopic (exact) mass is 195 g/mol. The molecule has 0 atom stereocenters. The molecule has 0 radical (unpaired) electrons. The van der Waals surface area contributed by atoms with E-state index < -0.39 is 17.1 Å². The van der Waals surface area contributed by atoms with E-state index in [0.717, 1.165) is 0 Å². The summed E-state index contributed by atoms with van der Waals surface area (Å²) in [6, 6.07) is 0. The highest BCUT2D eigenvalue weighted by Crippen LogP contribution is 2.11. The second-order valence-electron chi connectivity index (χ2n) is 2.89. The lowest BCUT2D eigenvalue weighted by Gasteiger charge is -1.99. The first kappa shape index (κ1) is 8.61. The second kappa shape index (κ2) is 2.76. The number of aromatic amines is 2. The molecule has 0 saturated carbocycles. The molecule has 5 nitrogen and oxygen atoms in total. The van der Waals surface area contributed by atoms with E-state index in [-0.39, 0.29) is 16.6 Å². The van der Waals surface area contributed by atoms with Crippen molar-refractivity contribution in [1.29, 1.82) is 0 Å². The van der Waals surface area contributed by atoms with Gasteiger partial charge in [0.15, 0.2) is 11.3 Å². The van der Waals surface area contributed by atoms with Crippen LogP contribution in [-0.4, -0.2) is 15.0 Å². The molecule has 0 aliphatic heterocycles. The van der Waals surface area contributed by atoms with E-state index in [9.17, 15) is 14.0 Å². The number of H-pyrrole nitrogens is 2. The summed E-state index contributed by atoms with van der Waals surface area (Å²) in [5.41, 5.74) is -1.42. The van der Waals surface area contributed by atoms with Gasteiger partial charge in [-0.1, -0.05) is 0 Å². The average Bonchev–Trinajstić information content (AvgIpc) is 2.12. The normalized spacial score (nSPS) is 10.7. The highest BCUT2D eigenvalue weighted by molar-refractivity contribution is 5.73. The fraction of sp³-hybridized carbons (Fsp3) is 0.125. The van der Waals surface area contributed by atoms with Crippen LogP contribution in [0.1, 0.15) is 5.56 Å². The number of hydrogen-bond donors (Lipinski definition) is 2. The van der Waals surface area contributed by atoms with Crippen LogP contribution in [0.2, 0.25) is 0 Å². The van der Waals surface area contributed by atoms with Gasteiger partial charge in [-0.2, -0.15) is 0 Å². The van der Waals surface area contributed by atoms with Crippen molar-refractivity contribution < 1.29 is 4.39 Å². The molecule has 0 aliphatic carbocycles. The molecular formula is C8H6FN3O2. The standard InChI is InChI=1S/C8H6FN3O2/c1-3-2-10-6-5(4(3)9)11-8(14)12-7(6)13/h2H,1H3,(H2,11,12,13,14). The van der Waals surface area contributed by atoms with Crippen molar-refractivity contribution in [1.82, 2.24) is 15.0 Å². The number of pyridine rings is 1. The van der Waals surface area contributed by atoms with Gasteiger partial charge in [0.2, 0.25) is 0 Å². The number of hydrogen-bond acceptors (Lipinski definition) is 3. The molecule has 14 heavy (non-hydrogen) atoms. The summed E-state index contributed by atoms with van der Waals surface area (Å²) in [4.78, 5) is 29.9. The molecule has 2 aromatic rings. The minimum atomic E-state index is -0.742. The summed E-state index contributed by atoms with van der Waals surface area (Å²) in [5, 5.41) is 0. The third-order valence-electron chi connectivity index (χ3n) is 1.87. The molecule has 2 heterocycles. The lowest BCUT2D eigenvalue weighted by molar-refractivity contribution is 0.624. The van der Waals surface area contributed by atoms with E-state index >= 15 is 0 Å². The quantitative estimate of drug-likeness (QED) is 0.623. The number of nitrogens with zero attached hydrogens (tertiary/aromatic N) is 1. The Balaban J connectivity index is 3.10. The highest BCUT2D eigenvalue weighted by Gasteiger charge is 2.08. The van der Waals surface area contributed by atoms with Crippen molar-refractivity contribution >= 4 is 11.0 Å². The van der Waals surface area contributed by atoms with Crippen molar-refractivity contribution in [3.05, 3.63) is 38.4 Å². The second-order valence-corrected chi connectivity index (χ2v) is 2.89. The highest BCUT2D eigenvalue weighted by atomic mass is 19.1. The lowest BCUT2D eigenvalue weighted by atomic mass is 10.2. The van der Waals surface area contributed by atoms with Crippen molar-refractivity contribution in [3.63, 3.8) is 0 Å². The third-order valence-corrected chi connectivity index (χ3v) is 1.87. The lowest BCUT2D eigenvalue weighted by Crippen LogP contribution is -2.23. The van der Waals surface area contributed by atoms with Gasteiger partial charge < -0.3 is 4.98 Å². The molecule has 0 amide bonds. The molecule has 0 aliphatic rings. The maximum absolute atomic E-state index is 13.4.